The molecule has 0 spiro atoms. The number of hydrogen-bond donors (Lipinski definition) is 5. The SMILES string of the molecule is CC[C@@H](C(=O)N1CC(=O)N[C@H](Cc2c[nH]c3ccccc23)C(=O)N2C[C@H](O)C[C@H]2C(=O)N[C@@H](C)C(=O)N[C@H](c2ccccc2)C1)c1ccccc1. The summed E-state index contributed by atoms with van der Waals surface area (Å²) in [6, 6.07) is 22.1. The van der Waals surface area contributed by atoms with Gasteiger partial charge in [0, 0.05) is 43.0 Å². The number of para-hydroxylation sites is 1. The van der Waals surface area contributed by atoms with E-state index in [-0.39, 0.29) is 31.8 Å². The minimum Gasteiger partial charge on any atom is -0.391 e. The number of nitrogens with zero attached hydrogens (tertiary/aromatic N) is 2. The summed E-state index contributed by atoms with van der Waals surface area (Å²) < 4.78 is 0. The molecule has 2 saturated heterocycles. The van der Waals surface area contributed by atoms with Gasteiger partial charge in [0.15, 0.2) is 0 Å². The zero-order chi connectivity index (χ0) is 36.1. The van der Waals surface area contributed by atoms with Gasteiger partial charge in [0.2, 0.25) is 29.5 Å². The summed E-state index contributed by atoms with van der Waals surface area (Å²) in [6.07, 6.45) is 1.35. The van der Waals surface area contributed by atoms with Crippen LogP contribution in [0.5, 0.6) is 0 Å². The van der Waals surface area contributed by atoms with Crippen LogP contribution in [0.25, 0.3) is 10.9 Å². The number of amides is 5. The molecule has 6 rings (SSSR count). The first-order chi connectivity index (χ1) is 24.6. The first kappa shape index (κ1) is 35.3. The van der Waals surface area contributed by atoms with Crippen molar-refractivity contribution in [3.05, 3.63) is 108 Å². The highest BCUT2D eigenvalue weighted by Crippen LogP contribution is 2.26. The number of aliphatic hydroxyl groups excluding tert-OH is 1. The second-order valence-electron chi connectivity index (χ2n) is 13.4. The van der Waals surface area contributed by atoms with E-state index in [4.69, 9.17) is 0 Å². The number of hydrogen-bond acceptors (Lipinski definition) is 6. The van der Waals surface area contributed by atoms with Gasteiger partial charge in [-0.3, -0.25) is 24.0 Å². The molecular weight excluding hydrogens is 648 g/mol. The van der Waals surface area contributed by atoms with Crippen molar-refractivity contribution in [2.45, 2.75) is 69.3 Å². The fourth-order valence-corrected chi connectivity index (χ4v) is 7.14. The maximum atomic E-state index is 14.4. The molecule has 0 saturated carbocycles. The largest absolute Gasteiger partial charge is 0.391 e. The Morgan fingerprint density at radius 2 is 1.55 bits per heavy atom. The second-order valence-corrected chi connectivity index (χ2v) is 13.4. The van der Waals surface area contributed by atoms with E-state index in [1.807, 2.05) is 91.9 Å². The lowest BCUT2D eigenvalue weighted by molar-refractivity contribution is -0.142. The van der Waals surface area contributed by atoms with E-state index in [1.54, 1.807) is 13.1 Å². The Balaban J connectivity index is 1.40. The van der Waals surface area contributed by atoms with Crippen LogP contribution in [-0.4, -0.2) is 93.3 Å². The molecule has 0 unspecified atom stereocenters. The molecule has 3 heterocycles. The molecule has 2 fully saturated rings. The predicted molar refractivity (Wildman–Crippen MR) is 191 cm³/mol. The Bertz CT molecular complexity index is 1880. The number of aliphatic hydroxyl groups is 1. The molecule has 12 nitrogen and oxygen atoms in total. The van der Waals surface area contributed by atoms with Gasteiger partial charge < -0.3 is 35.8 Å². The minimum absolute atomic E-state index is 0.0214. The van der Waals surface area contributed by atoms with Crippen molar-refractivity contribution in [3.8, 4) is 0 Å². The van der Waals surface area contributed by atoms with E-state index in [0.717, 1.165) is 22.0 Å². The maximum Gasteiger partial charge on any atom is 0.246 e. The lowest BCUT2D eigenvalue weighted by Gasteiger charge is -2.32. The smallest absolute Gasteiger partial charge is 0.246 e. The van der Waals surface area contributed by atoms with Crippen LogP contribution in [0.1, 0.15) is 55.3 Å². The fourth-order valence-electron chi connectivity index (χ4n) is 7.14. The molecule has 2 aliphatic heterocycles. The fraction of sp³-hybridized carbons (Fsp3) is 0.359. The van der Waals surface area contributed by atoms with E-state index in [0.29, 0.717) is 12.0 Å². The molecule has 51 heavy (non-hydrogen) atoms. The number of benzene rings is 3. The summed E-state index contributed by atoms with van der Waals surface area (Å²) in [4.78, 5) is 76.1. The van der Waals surface area contributed by atoms with Crippen LogP contribution in [0.3, 0.4) is 0 Å². The Morgan fingerprint density at radius 1 is 0.863 bits per heavy atom. The summed E-state index contributed by atoms with van der Waals surface area (Å²) >= 11 is 0. The van der Waals surface area contributed by atoms with Crippen LogP contribution >= 0.6 is 0 Å². The van der Waals surface area contributed by atoms with Crippen molar-refractivity contribution < 1.29 is 29.1 Å². The number of carbonyl (C=O) groups is 5. The molecule has 1 aromatic heterocycles. The molecule has 3 aromatic carbocycles. The number of aromatic nitrogens is 1. The van der Waals surface area contributed by atoms with Gasteiger partial charge in [-0.15, -0.1) is 0 Å². The first-order valence-corrected chi connectivity index (χ1v) is 17.4. The lowest BCUT2D eigenvalue weighted by Crippen LogP contribution is -2.56. The summed E-state index contributed by atoms with van der Waals surface area (Å²) in [5.74, 6) is -3.09. The highest BCUT2D eigenvalue weighted by molar-refractivity contribution is 5.96. The van der Waals surface area contributed by atoms with Crippen molar-refractivity contribution in [2.75, 3.05) is 19.6 Å². The molecule has 4 aromatic rings. The molecule has 0 bridgehead atoms. The Labute approximate surface area is 296 Å². The van der Waals surface area contributed by atoms with E-state index >= 15 is 0 Å². The van der Waals surface area contributed by atoms with Gasteiger partial charge in [-0.1, -0.05) is 85.8 Å². The molecule has 12 heteroatoms. The average molecular weight is 693 g/mol. The van der Waals surface area contributed by atoms with Gasteiger partial charge in [-0.25, -0.2) is 0 Å². The minimum atomic E-state index is -1.13. The molecule has 5 amide bonds. The summed E-state index contributed by atoms with van der Waals surface area (Å²) in [7, 11) is 0. The van der Waals surface area contributed by atoms with Crippen molar-refractivity contribution in [3.63, 3.8) is 0 Å². The van der Waals surface area contributed by atoms with Crippen LogP contribution in [0.15, 0.2) is 91.1 Å². The van der Waals surface area contributed by atoms with Crippen LogP contribution in [0.4, 0.5) is 0 Å². The molecule has 2 aliphatic rings. The Morgan fingerprint density at radius 3 is 2.27 bits per heavy atom. The Hall–Kier alpha value is -5.49. The topological polar surface area (TPSA) is 164 Å². The van der Waals surface area contributed by atoms with Crippen LogP contribution in [0.2, 0.25) is 0 Å². The van der Waals surface area contributed by atoms with Gasteiger partial charge in [0.05, 0.1) is 24.6 Å². The molecule has 266 valence electrons. The molecule has 5 N–H and O–H groups in total. The standard InChI is InChI=1S/C39H44N6O6/c1-3-29(25-12-6-4-7-13-25)38(50)44-22-33(26-14-8-5-9-15-26)43-36(48)24(2)41-37(49)34-19-28(46)21-45(34)39(51)32(42-35(47)23-44)18-27-20-40-31-17-11-10-16-30(27)31/h4-17,20,24,28-29,32-34,40,46H,3,18-19,21-23H2,1-2H3,(H,41,49)(H,42,47)(H,43,48)/t24-,28+,29+,32+,33-,34-/m0/s1. The van der Waals surface area contributed by atoms with E-state index in [9.17, 15) is 29.1 Å². The van der Waals surface area contributed by atoms with Crippen molar-refractivity contribution >= 4 is 40.4 Å². The highest BCUT2D eigenvalue weighted by Gasteiger charge is 2.43. The number of carbonyl (C=O) groups excluding carboxylic acids is 5. The summed E-state index contributed by atoms with van der Waals surface area (Å²) in [5, 5.41) is 20.1. The zero-order valence-corrected chi connectivity index (χ0v) is 28.7. The van der Waals surface area contributed by atoms with Crippen LogP contribution in [0, 0.1) is 0 Å². The van der Waals surface area contributed by atoms with Gasteiger partial charge in [-0.05, 0) is 36.1 Å². The third-order valence-corrected chi connectivity index (χ3v) is 9.82. The quantitative estimate of drug-likeness (QED) is 0.209. The van der Waals surface area contributed by atoms with Gasteiger partial charge in [0.25, 0.3) is 0 Å². The molecular formula is C39H44N6O6. The van der Waals surface area contributed by atoms with Gasteiger partial charge >= 0.3 is 0 Å². The van der Waals surface area contributed by atoms with Gasteiger partial charge in [-0.2, -0.15) is 0 Å². The molecule has 0 aliphatic carbocycles. The number of nitrogens with one attached hydrogen (secondary N) is 4. The van der Waals surface area contributed by atoms with Crippen molar-refractivity contribution in [2.24, 2.45) is 0 Å². The average Bonchev–Trinajstić information content (AvgIpc) is 3.74. The monoisotopic (exact) mass is 692 g/mol. The first-order valence-electron chi connectivity index (χ1n) is 17.4. The Kier molecular flexibility index (Phi) is 10.8. The van der Waals surface area contributed by atoms with Crippen molar-refractivity contribution in [1.29, 1.82) is 0 Å². The molecule has 0 radical (unpaired) electrons. The zero-order valence-electron chi connectivity index (χ0n) is 28.7. The van der Waals surface area contributed by atoms with Gasteiger partial charge in [0.1, 0.15) is 18.1 Å². The third kappa shape index (κ3) is 7.96. The third-order valence-electron chi connectivity index (χ3n) is 9.82. The summed E-state index contributed by atoms with van der Waals surface area (Å²) in [5.41, 5.74) is 3.14. The number of H-pyrrole nitrogens is 1. The van der Waals surface area contributed by atoms with Crippen molar-refractivity contribution in [1.82, 2.24) is 30.7 Å². The van der Waals surface area contributed by atoms with E-state index < -0.39 is 66.4 Å². The highest BCUT2D eigenvalue weighted by atomic mass is 16.3. The normalized spacial score (nSPS) is 24.2. The van der Waals surface area contributed by atoms with Crippen LogP contribution in [-0.2, 0) is 30.4 Å². The number of fused-ring (bicyclic) bond motifs is 2. The van der Waals surface area contributed by atoms with E-state index in [1.165, 1.54) is 9.80 Å². The number of aromatic amines is 1. The molecule has 6 atom stereocenters. The predicted octanol–water partition coefficient (Wildman–Crippen LogP) is 2.56. The second kappa shape index (κ2) is 15.6. The van der Waals surface area contributed by atoms with E-state index in [2.05, 4.69) is 20.9 Å². The number of rotatable bonds is 6. The van der Waals surface area contributed by atoms with Crippen LogP contribution < -0.4 is 16.0 Å². The summed E-state index contributed by atoms with van der Waals surface area (Å²) in [6.45, 7) is 2.89. The lowest BCUT2D eigenvalue weighted by atomic mass is 9.94. The maximum absolute atomic E-state index is 14.4.